The highest BCUT2D eigenvalue weighted by molar-refractivity contribution is 7.87. The standard InChI is InChI=1S/C17H20N2O4S/c1-3-13-8-5-6-11-16(13)23-24(21,22)15-10-7-9-14(12-15)19-17(20)18-4-2/h5-12H,3-4H2,1-2H3,(H2,18,19,20). The molecule has 0 saturated heterocycles. The number of hydrogen-bond acceptors (Lipinski definition) is 4. The molecule has 2 amide bonds. The number of amides is 2. The monoisotopic (exact) mass is 348 g/mol. The summed E-state index contributed by atoms with van der Waals surface area (Å²) >= 11 is 0. The van der Waals surface area contributed by atoms with Crippen molar-refractivity contribution in [1.82, 2.24) is 5.32 Å². The van der Waals surface area contributed by atoms with Crippen molar-refractivity contribution in [3.8, 4) is 5.75 Å². The van der Waals surface area contributed by atoms with Crippen LogP contribution in [0.5, 0.6) is 5.75 Å². The Bertz CT molecular complexity index is 819. The van der Waals surface area contributed by atoms with E-state index in [0.29, 0.717) is 24.4 Å². The molecule has 2 aromatic carbocycles. The third kappa shape index (κ3) is 4.48. The summed E-state index contributed by atoms with van der Waals surface area (Å²) in [6.07, 6.45) is 0.657. The zero-order valence-electron chi connectivity index (χ0n) is 13.6. The van der Waals surface area contributed by atoms with Gasteiger partial charge in [0.25, 0.3) is 0 Å². The van der Waals surface area contributed by atoms with Gasteiger partial charge in [-0.1, -0.05) is 31.2 Å². The van der Waals surface area contributed by atoms with Gasteiger partial charge in [-0.2, -0.15) is 8.42 Å². The fourth-order valence-electron chi connectivity index (χ4n) is 2.11. The predicted octanol–water partition coefficient (Wildman–Crippen LogP) is 3.16. The minimum atomic E-state index is -3.99. The molecule has 0 heterocycles. The number of rotatable bonds is 6. The number of carbonyl (C=O) groups is 1. The molecule has 0 bridgehead atoms. The van der Waals surface area contributed by atoms with Crippen molar-refractivity contribution < 1.29 is 17.4 Å². The lowest BCUT2D eigenvalue weighted by Gasteiger charge is -2.11. The van der Waals surface area contributed by atoms with Crippen LogP contribution in [0.1, 0.15) is 19.4 Å². The Morgan fingerprint density at radius 3 is 2.54 bits per heavy atom. The van der Waals surface area contributed by atoms with Crippen LogP contribution in [0.3, 0.4) is 0 Å². The maximum Gasteiger partial charge on any atom is 0.339 e. The van der Waals surface area contributed by atoms with E-state index in [2.05, 4.69) is 10.6 Å². The Kier molecular flexibility index (Phi) is 5.81. The van der Waals surface area contributed by atoms with Gasteiger partial charge in [0.1, 0.15) is 10.6 Å². The number of anilines is 1. The summed E-state index contributed by atoms with van der Waals surface area (Å²) in [6, 6.07) is 12.5. The molecule has 6 nitrogen and oxygen atoms in total. The van der Waals surface area contributed by atoms with Gasteiger partial charge in [0.15, 0.2) is 0 Å². The lowest BCUT2D eigenvalue weighted by atomic mass is 10.1. The fourth-order valence-corrected chi connectivity index (χ4v) is 3.12. The van der Waals surface area contributed by atoms with Crippen LogP contribution in [0, 0.1) is 0 Å². The second kappa shape index (κ2) is 7.83. The number of nitrogens with one attached hydrogen (secondary N) is 2. The zero-order valence-corrected chi connectivity index (χ0v) is 14.4. The van der Waals surface area contributed by atoms with Crippen molar-refractivity contribution in [2.45, 2.75) is 25.2 Å². The van der Waals surface area contributed by atoms with Gasteiger partial charge < -0.3 is 14.8 Å². The summed E-state index contributed by atoms with van der Waals surface area (Å²) in [5, 5.41) is 5.15. The molecule has 128 valence electrons. The van der Waals surface area contributed by atoms with Crippen LogP contribution >= 0.6 is 0 Å². The quantitative estimate of drug-likeness (QED) is 0.785. The summed E-state index contributed by atoms with van der Waals surface area (Å²) in [5.41, 5.74) is 1.17. The van der Waals surface area contributed by atoms with Crippen LogP contribution in [-0.4, -0.2) is 21.0 Å². The van der Waals surface area contributed by atoms with Gasteiger partial charge in [-0.15, -0.1) is 0 Å². The molecule has 0 fully saturated rings. The summed E-state index contributed by atoms with van der Waals surface area (Å²) in [4.78, 5) is 11.5. The van der Waals surface area contributed by atoms with Crippen LogP contribution in [0.2, 0.25) is 0 Å². The Morgan fingerprint density at radius 1 is 1.08 bits per heavy atom. The summed E-state index contributed by atoms with van der Waals surface area (Å²) in [6.45, 7) is 4.19. The van der Waals surface area contributed by atoms with Gasteiger partial charge in [0.2, 0.25) is 0 Å². The molecular formula is C17H20N2O4S. The third-order valence-corrected chi connectivity index (χ3v) is 4.50. The Balaban J connectivity index is 2.24. The number of benzene rings is 2. The Labute approximate surface area is 142 Å². The second-order valence-corrected chi connectivity index (χ2v) is 6.56. The third-order valence-electron chi connectivity index (χ3n) is 3.27. The lowest BCUT2D eigenvalue weighted by Crippen LogP contribution is -2.28. The summed E-state index contributed by atoms with van der Waals surface area (Å²) < 4.78 is 30.2. The Hall–Kier alpha value is -2.54. The predicted molar refractivity (Wildman–Crippen MR) is 92.8 cm³/mol. The number of para-hydroxylation sites is 1. The molecule has 0 aliphatic rings. The molecule has 2 N–H and O–H groups in total. The molecule has 0 spiro atoms. The van der Waals surface area contributed by atoms with Crippen molar-refractivity contribution in [2.24, 2.45) is 0 Å². The smallest absolute Gasteiger partial charge is 0.339 e. The molecule has 7 heteroatoms. The highest BCUT2D eigenvalue weighted by atomic mass is 32.2. The van der Waals surface area contributed by atoms with Crippen molar-refractivity contribution in [1.29, 1.82) is 0 Å². The second-order valence-electron chi connectivity index (χ2n) is 5.01. The number of urea groups is 1. The van der Waals surface area contributed by atoms with Gasteiger partial charge in [0, 0.05) is 12.2 Å². The molecule has 0 atom stereocenters. The van der Waals surface area contributed by atoms with Gasteiger partial charge in [-0.3, -0.25) is 0 Å². The van der Waals surface area contributed by atoms with E-state index in [-0.39, 0.29) is 4.90 Å². The average molecular weight is 348 g/mol. The van der Waals surface area contributed by atoms with Crippen LogP contribution in [-0.2, 0) is 16.5 Å². The first kappa shape index (κ1) is 17.8. The molecule has 0 aliphatic heterocycles. The molecule has 0 radical (unpaired) electrons. The largest absolute Gasteiger partial charge is 0.379 e. The van der Waals surface area contributed by atoms with E-state index in [1.807, 2.05) is 19.1 Å². The highest BCUT2D eigenvalue weighted by Gasteiger charge is 2.18. The minimum absolute atomic E-state index is 0.0253. The van der Waals surface area contributed by atoms with E-state index < -0.39 is 16.1 Å². The van der Waals surface area contributed by atoms with Crippen LogP contribution in [0.25, 0.3) is 0 Å². The first-order chi connectivity index (χ1) is 11.5. The molecule has 24 heavy (non-hydrogen) atoms. The number of carbonyl (C=O) groups excluding carboxylic acids is 1. The van der Waals surface area contributed by atoms with E-state index in [1.165, 1.54) is 12.1 Å². The van der Waals surface area contributed by atoms with Crippen molar-refractivity contribution >= 4 is 21.8 Å². The average Bonchev–Trinajstić information content (AvgIpc) is 2.55. The summed E-state index contributed by atoms with van der Waals surface area (Å²) in [5.74, 6) is 0.307. The van der Waals surface area contributed by atoms with E-state index >= 15 is 0 Å². The number of hydrogen-bond donors (Lipinski definition) is 2. The lowest BCUT2D eigenvalue weighted by molar-refractivity contribution is 0.252. The normalized spacial score (nSPS) is 10.9. The SMILES string of the molecule is CCNC(=O)Nc1cccc(S(=O)(=O)Oc2ccccc2CC)c1. The molecule has 2 rings (SSSR count). The van der Waals surface area contributed by atoms with E-state index in [1.54, 1.807) is 31.2 Å². The summed E-state index contributed by atoms with van der Waals surface area (Å²) in [7, 11) is -3.99. The van der Waals surface area contributed by atoms with Crippen LogP contribution in [0.15, 0.2) is 53.4 Å². The first-order valence-corrected chi connectivity index (χ1v) is 9.04. The zero-order chi connectivity index (χ0) is 17.6. The van der Waals surface area contributed by atoms with Crippen LogP contribution < -0.4 is 14.8 Å². The maximum atomic E-state index is 12.5. The van der Waals surface area contributed by atoms with Crippen molar-refractivity contribution in [2.75, 3.05) is 11.9 Å². The van der Waals surface area contributed by atoms with Gasteiger partial charge in [0.05, 0.1) is 0 Å². The van der Waals surface area contributed by atoms with Crippen molar-refractivity contribution in [3.05, 3.63) is 54.1 Å². The topological polar surface area (TPSA) is 84.5 Å². The van der Waals surface area contributed by atoms with Gasteiger partial charge in [-0.25, -0.2) is 4.79 Å². The molecule has 0 aromatic heterocycles. The van der Waals surface area contributed by atoms with Crippen LogP contribution in [0.4, 0.5) is 10.5 Å². The highest BCUT2D eigenvalue weighted by Crippen LogP contribution is 2.24. The Morgan fingerprint density at radius 2 is 1.83 bits per heavy atom. The van der Waals surface area contributed by atoms with E-state index in [0.717, 1.165) is 5.56 Å². The molecular weight excluding hydrogens is 328 g/mol. The first-order valence-electron chi connectivity index (χ1n) is 7.63. The fraction of sp³-hybridized carbons (Fsp3) is 0.235. The van der Waals surface area contributed by atoms with Gasteiger partial charge >= 0.3 is 16.1 Å². The molecule has 0 saturated carbocycles. The van der Waals surface area contributed by atoms with E-state index in [9.17, 15) is 13.2 Å². The van der Waals surface area contributed by atoms with Crippen molar-refractivity contribution in [3.63, 3.8) is 0 Å². The van der Waals surface area contributed by atoms with E-state index in [4.69, 9.17) is 4.18 Å². The molecule has 2 aromatic rings. The molecule has 0 aliphatic carbocycles. The maximum absolute atomic E-state index is 12.5. The number of aryl methyl sites for hydroxylation is 1. The molecule has 0 unspecified atom stereocenters. The van der Waals surface area contributed by atoms with Gasteiger partial charge in [-0.05, 0) is 43.2 Å². The minimum Gasteiger partial charge on any atom is -0.379 e.